The summed E-state index contributed by atoms with van der Waals surface area (Å²) in [7, 11) is 0. The normalized spacial score (nSPS) is 16.6. The molecule has 68 valence electrons. The van der Waals surface area contributed by atoms with E-state index in [1.807, 2.05) is 0 Å². The molecule has 1 nitrogen and oxygen atoms in total. The van der Waals surface area contributed by atoms with Crippen molar-refractivity contribution in [2.24, 2.45) is 5.41 Å². The largest absolute Gasteiger partial charge is 0.309 e. The molecule has 0 aliphatic heterocycles. The van der Waals surface area contributed by atoms with E-state index in [4.69, 9.17) is 0 Å². The average Bonchev–Trinajstić information content (AvgIpc) is 1.56. The number of nitrogens with one attached hydrogen (secondary N) is 1. The zero-order valence-corrected chi connectivity index (χ0v) is 9.08. The maximum Gasteiger partial charge on any atom is 0.00992 e. The molecule has 0 saturated carbocycles. The Kier molecular flexibility index (Phi) is 3.13. The van der Waals surface area contributed by atoms with Crippen LogP contribution in [-0.2, 0) is 0 Å². The molecule has 0 amide bonds. The van der Waals surface area contributed by atoms with E-state index in [0.29, 0.717) is 11.5 Å². The monoisotopic (exact) mass is 157 g/mol. The van der Waals surface area contributed by atoms with Gasteiger partial charge in [0.1, 0.15) is 0 Å². The van der Waals surface area contributed by atoms with Gasteiger partial charge >= 0.3 is 0 Å². The lowest BCUT2D eigenvalue weighted by molar-refractivity contribution is 0.235. The van der Waals surface area contributed by atoms with Gasteiger partial charge in [0.15, 0.2) is 0 Å². The minimum Gasteiger partial charge on any atom is -0.309 e. The van der Waals surface area contributed by atoms with Crippen molar-refractivity contribution in [3.63, 3.8) is 0 Å². The average molecular weight is 157 g/mol. The van der Waals surface area contributed by atoms with Crippen LogP contribution in [0.25, 0.3) is 0 Å². The Morgan fingerprint density at radius 1 is 0.909 bits per heavy atom. The van der Waals surface area contributed by atoms with Crippen molar-refractivity contribution in [2.75, 3.05) is 0 Å². The maximum absolute atomic E-state index is 3.56. The van der Waals surface area contributed by atoms with Gasteiger partial charge in [-0.3, -0.25) is 0 Å². The van der Waals surface area contributed by atoms with Crippen LogP contribution in [0.3, 0.4) is 0 Å². The summed E-state index contributed by atoms with van der Waals surface area (Å²) in [6.07, 6.45) is 0. The molecular formula is C10H23N. The molecule has 0 aliphatic rings. The standard InChI is InChI=1S/C10H23N/c1-8(9(2,3)4)11-10(5,6)7/h8,11H,1-7H3/t8-/m1/s1. The topological polar surface area (TPSA) is 12.0 Å². The van der Waals surface area contributed by atoms with Gasteiger partial charge in [-0.05, 0) is 33.1 Å². The van der Waals surface area contributed by atoms with E-state index >= 15 is 0 Å². The zero-order chi connectivity index (χ0) is 9.28. The molecular weight excluding hydrogens is 134 g/mol. The van der Waals surface area contributed by atoms with Crippen LogP contribution in [-0.4, -0.2) is 11.6 Å². The molecule has 1 heteroatoms. The number of hydrogen-bond acceptors (Lipinski definition) is 1. The van der Waals surface area contributed by atoms with E-state index in [1.165, 1.54) is 0 Å². The maximum atomic E-state index is 3.56. The first-order valence-corrected chi connectivity index (χ1v) is 4.40. The van der Waals surface area contributed by atoms with Crippen LogP contribution in [0.15, 0.2) is 0 Å². The van der Waals surface area contributed by atoms with Gasteiger partial charge in [-0.15, -0.1) is 0 Å². The van der Waals surface area contributed by atoms with Gasteiger partial charge in [0.2, 0.25) is 0 Å². The molecule has 0 unspecified atom stereocenters. The fraction of sp³-hybridized carbons (Fsp3) is 1.00. The van der Waals surface area contributed by atoms with Crippen LogP contribution in [0.1, 0.15) is 48.5 Å². The molecule has 1 atom stereocenters. The van der Waals surface area contributed by atoms with E-state index in [1.54, 1.807) is 0 Å². The summed E-state index contributed by atoms with van der Waals surface area (Å²) in [5.41, 5.74) is 0.583. The van der Waals surface area contributed by atoms with Crippen molar-refractivity contribution in [1.29, 1.82) is 0 Å². The Morgan fingerprint density at radius 2 is 1.27 bits per heavy atom. The van der Waals surface area contributed by atoms with Crippen LogP contribution >= 0.6 is 0 Å². The Morgan fingerprint density at radius 3 is 1.36 bits per heavy atom. The molecule has 0 aliphatic carbocycles. The predicted octanol–water partition coefficient (Wildman–Crippen LogP) is 2.81. The third-order valence-corrected chi connectivity index (χ3v) is 1.95. The summed E-state index contributed by atoms with van der Waals surface area (Å²) in [4.78, 5) is 0. The molecule has 0 aromatic rings. The third kappa shape index (κ3) is 5.25. The van der Waals surface area contributed by atoms with Crippen LogP contribution < -0.4 is 5.32 Å². The SMILES string of the molecule is C[C@@H](NC(C)(C)C)C(C)(C)C. The first-order valence-electron chi connectivity index (χ1n) is 4.40. The fourth-order valence-corrected chi connectivity index (χ4v) is 0.866. The van der Waals surface area contributed by atoms with Crippen molar-refractivity contribution < 1.29 is 0 Å². The van der Waals surface area contributed by atoms with E-state index in [-0.39, 0.29) is 5.54 Å². The highest BCUT2D eigenvalue weighted by Gasteiger charge is 2.23. The highest BCUT2D eigenvalue weighted by Crippen LogP contribution is 2.20. The van der Waals surface area contributed by atoms with Gasteiger partial charge in [-0.1, -0.05) is 20.8 Å². The molecule has 11 heavy (non-hydrogen) atoms. The van der Waals surface area contributed by atoms with E-state index in [2.05, 4.69) is 53.8 Å². The molecule has 0 radical (unpaired) electrons. The van der Waals surface area contributed by atoms with Gasteiger partial charge < -0.3 is 5.32 Å². The Hall–Kier alpha value is -0.0400. The summed E-state index contributed by atoms with van der Waals surface area (Å²) in [5.74, 6) is 0. The molecule has 0 aromatic carbocycles. The Labute approximate surface area is 71.6 Å². The van der Waals surface area contributed by atoms with Gasteiger partial charge in [0.05, 0.1) is 0 Å². The first-order chi connectivity index (χ1) is 4.63. The van der Waals surface area contributed by atoms with Crippen LogP contribution in [0.2, 0.25) is 0 Å². The van der Waals surface area contributed by atoms with Crippen molar-refractivity contribution in [2.45, 2.75) is 60.0 Å². The van der Waals surface area contributed by atoms with Crippen LogP contribution in [0, 0.1) is 5.41 Å². The second kappa shape index (κ2) is 3.14. The summed E-state index contributed by atoms with van der Waals surface area (Å²) >= 11 is 0. The van der Waals surface area contributed by atoms with Crippen LogP contribution in [0.5, 0.6) is 0 Å². The molecule has 0 spiro atoms. The minimum absolute atomic E-state index is 0.229. The highest BCUT2D eigenvalue weighted by molar-refractivity contribution is 4.82. The van der Waals surface area contributed by atoms with E-state index in [9.17, 15) is 0 Å². The number of hydrogen-bond donors (Lipinski definition) is 1. The smallest absolute Gasteiger partial charge is 0.00992 e. The fourth-order valence-electron chi connectivity index (χ4n) is 0.866. The predicted molar refractivity (Wildman–Crippen MR) is 51.8 cm³/mol. The highest BCUT2D eigenvalue weighted by atomic mass is 15.0. The van der Waals surface area contributed by atoms with Gasteiger partial charge in [0, 0.05) is 11.6 Å². The summed E-state index contributed by atoms with van der Waals surface area (Å²) in [6.45, 7) is 15.6. The lowest BCUT2D eigenvalue weighted by Gasteiger charge is -2.34. The lowest BCUT2D eigenvalue weighted by Crippen LogP contribution is -2.47. The van der Waals surface area contributed by atoms with Gasteiger partial charge in [-0.2, -0.15) is 0 Å². The van der Waals surface area contributed by atoms with E-state index < -0.39 is 0 Å². The van der Waals surface area contributed by atoms with Crippen LogP contribution in [0.4, 0.5) is 0 Å². The second-order valence-electron chi connectivity index (χ2n) is 5.48. The number of rotatable bonds is 1. The molecule has 1 N–H and O–H groups in total. The Balaban J connectivity index is 3.99. The van der Waals surface area contributed by atoms with Crippen molar-refractivity contribution in [3.8, 4) is 0 Å². The van der Waals surface area contributed by atoms with E-state index in [0.717, 1.165) is 0 Å². The van der Waals surface area contributed by atoms with Crippen molar-refractivity contribution >= 4 is 0 Å². The summed E-state index contributed by atoms with van der Waals surface area (Å²) in [6, 6.07) is 0.558. The first kappa shape index (κ1) is 11.0. The Bertz CT molecular complexity index is 114. The molecule has 0 saturated heterocycles. The lowest BCUT2D eigenvalue weighted by atomic mass is 9.86. The zero-order valence-electron chi connectivity index (χ0n) is 9.08. The summed E-state index contributed by atoms with van der Waals surface area (Å²) in [5, 5.41) is 3.56. The van der Waals surface area contributed by atoms with Crippen molar-refractivity contribution in [3.05, 3.63) is 0 Å². The molecule has 0 aromatic heterocycles. The third-order valence-electron chi connectivity index (χ3n) is 1.95. The van der Waals surface area contributed by atoms with Crippen molar-refractivity contribution in [1.82, 2.24) is 5.32 Å². The second-order valence-corrected chi connectivity index (χ2v) is 5.48. The quantitative estimate of drug-likeness (QED) is 0.617. The molecule has 0 heterocycles. The molecule has 0 fully saturated rings. The van der Waals surface area contributed by atoms with Gasteiger partial charge in [-0.25, -0.2) is 0 Å². The van der Waals surface area contributed by atoms with Gasteiger partial charge in [0.25, 0.3) is 0 Å². The summed E-state index contributed by atoms with van der Waals surface area (Å²) < 4.78 is 0. The minimum atomic E-state index is 0.229. The molecule has 0 rings (SSSR count). The molecule has 0 bridgehead atoms.